The molecule has 6 nitrogen and oxygen atoms in total. The van der Waals surface area contributed by atoms with Crippen molar-refractivity contribution < 1.29 is 19.3 Å². The third-order valence-corrected chi connectivity index (χ3v) is 7.69. The van der Waals surface area contributed by atoms with Crippen LogP contribution in [-0.2, 0) is 0 Å². The predicted molar refractivity (Wildman–Crippen MR) is 133 cm³/mol. The minimum Gasteiger partial charge on any atom is -0.497 e. The Balaban J connectivity index is 1.30. The van der Waals surface area contributed by atoms with Gasteiger partial charge in [-0.3, -0.25) is 4.98 Å². The van der Waals surface area contributed by atoms with E-state index in [1.807, 2.05) is 24.3 Å². The Morgan fingerprint density at radius 3 is 2.88 bits per heavy atom. The topological polar surface area (TPSA) is 78.7 Å². The number of aliphatic hydroxyl groups excluding tert-OH is 2. The summed E-state index contributed by atoms with van der Waals surface area (Å²) in [5, 5.41) is 22.4. The fourth-order valence-corrected chi connectivity index (χ4v) is 5.67. The van der Waals surface area contributed by atoms with Gasteiger partial charge in [0.2, 0.25) is 0 Å². The van der Waals surface area contributed by atoms with E-state index in [1.165, 1.54) is 17.8 Å². The standard InChI is InChI=1S/C26H32FN3O3S/c1-33-20-5-6-24-22(15-20)21(8-11-28-24)25(32)7-4-18-9-12-30(16-19(18)17-31)13-14-34-26-23(27)3-2-10-29-26/h2-3,5-6,8,10-11,15,18-19,25,31-32H,4,7,9,12-14,16-17H2,1H3/t18-,19-,25+/m1/s1. The molecule has 0 unspecified atom stereocenters. The fourth-order valence-electron chi connectivity index (χ4n) is 4.79. The zero-order valence-corrected chi connectivity index (χ0v) is 20.3. The maximum atomic E-state index is 13.8. The largest absolute Gasteiger partial charge is 0.497 e. The Labute approximate surface area is 204 Å². The van der Waals surface area contributed by atoms with Gasteiger partial charge in [-0.05, 0) is 79.6 Å². The number of likely N-dealkylation sites (tertiary alicyclic amines) is 1. The van der Waals surface area contributed by atoms with E-state index in [-0.39, 0.29) is 18.3 Å². The molecular formula is C26H32FN3O3S. The smallest absolute Gasteiger partial charge is 0.155 e. The Morgan fingerprint density at radius 2 is 2.09 bits per heavy atom. The van der Waals surface area contributed by atoms with Crippen molar-refractivity contribution in [3.05, 3.63) is 60.2 Å². The summed E-state index contributed by atoms with van der Waals surface area (Å²) in [5.41, 5.74) is 1.70. The van der Waals surface area contributed by atoms with Gasteiger partial charge in [0.25, 0.3) is 0 Å². The van der Waals surface area contributed by atoms with Crippen molar-refractivity contribution in [1.29, 1.82) is 0 Å². The molecule has 2 N–H and O–H groups in total. The molecule has 1 aromatic carbocycles. The summed E-state index contributed by atoms with van der Waals surface area (Å²) < 4.78 is 19.1. The molecule has 0 saturated carbocycles. The van der Waals surface area contributed by atoms with Crippen molar-refractivity contribution >= 4 is 22.7 Å². The Bertz CT molecular complexity index is 1090. The van der Waals surface area contributed by atoms with E-state index in [0.29, 0.717) is 17.4 Å². The van der Waals surface area contributed by atoms with Gasteiger partial charge in [-0.15, -0.1) is 11.8 Å². The summed E-state index contributed by atoms with van der Waals surface area (Å²) in [6.45, 7) is 2.72. The fraction of sp³-hybridized carbons (Fsp3) is 0.462. The zero-order valence-electron chi connectivity index (χ0n) is 19.4. The molecule has 1 aliphatic heterocycles. The normalized spacial score (nSPS) is 19.9. The lowest BCUT2D eigenvalue weighted by Gasteiger charge is -2.38. The van der Waals surface area contributed by atoms with Gasteiger partial charge in [-0.1, -0.05) is 0 Å². The van der Waals surface area contributed by atoms with Gasteiger partial charge in [0.15, 0.2) is 5.82 Å². The van der Waals surface area contributed by atoms with Crippen LogP contribution >= 0.6 is 11.8 Å². The number of benzene rings is 1. The molecule has 2 aromatic heterocycles. The first kappa shape index (κ1) is 24.9. The van der Waals surface area contributed by atoms with Crippen LogP contribution in [0.15, 0.2) is 53.8 Å². The summed E-state index contributed by atoms with van der Waals surface area (Å²) in [5.74, 6) is 1.75. The molecule has 0 radical (unpaired) electrons. The number of methoxy groups -OCH3 is 1. The lowest BCUT2D eigenvalue weighted by Crippen LogP contribution is -2.43. The van der Waals surface area contributed by atoms with Gasteiger partial charge in [-0.25, -0.2) is 9.37 Å². The van der Waals surface area contributed by atoms with E-state index < -0.39 is 6.10 Å². The molecule has 3 atom stereocenters. The lowest BCUT2D eigenvalue weighted by atomic mass is 9.81. The van der Waals surface area contributed by atoms with Crippen molar-refractivity contribution in [2.75, 3.05) is 39.1 Å². The minimum atomic E-state index is -0.598. The van der Waals surface area contributed by atoms with Crippen LogP contribution in [0.2, 0.25) is 0 Å². The Kier molecular flexibility index (Phi) is 8.72. The van der Waals surface area contributed by atoms with Gasteiger partial charge >= 0.3 is 0 Å². The van der Waals surface area contributed by atoms with E-state index in [0.717, 1.165) is 60.4 Å². The first-order valence-corrected chi connectivity index (χ1v) is 12.7. The van der Waals surface area contributed by atoms with Crippen molar-refractivity contribution in [3.8, 4) is 5.75 Å². The highest BCUT2D eigenvalue weighted by Crippen LogP contribution is 2.33. The maximum absolute atomic E-state index is 13.8. The van der Waals surface area contributed by atoms with E-state index >= 15 is 0 Å². The van der Waals surface area contributed by atoms with Crippen LogP contribution in [0.1, 0.15) is 30.9 Å². The van der Waals surface area contributed by atoms with E-state index in [1.54, 1.807) is 25.6 Å². The van der Waals surface area contributed by atoms with Gasteiger partial charge in [0.1, 0.15) is 10.8 Å². The van der Waals surface area contributed by atoms with Gasteiger partial charge in [0.05, 0.1) is 18.7 Å². The number of piperidine rings is 1. The van der Waals surface area contributed by atoms with Gasteiger partial charge < -0.3 is 19.8 Å². The molecule has 3 aromatic rings. The van der Waals surface area contributed by atoms with Crippen molar-refractivity contribution in [2.45, 2.75) is 30.4 Å². The Hall–Kier alpha value is -2.26. The number of aliphatic hydroxyl groups is 2. The molecule has 3 heterocycles. The molecule has 8 heteroatoms. The number of halogens is 1. The summed E-state index contributed by atoms with van der Waals surface area (Å²) in [4.78, 5) is 10.8. The molecule has 182 valence electrons. The number of fused-ring (bicyclic) bond motifs is 1. The zero-order chi connectivity index (χ0) is 23.9. The third kappa shape index (κ3) is 6.05. The van der Waals surface area contributed by atoms with Crippen LogP contribution in [0.5, 0.6) is 5.75 Å². The second-order valence-electron chi connectivity index (χ2n) is 8.81. The van der Waals surface area contributed by atoms with Crippen LogP contribution < -0.4 is 4.74 Å². The van der Waals surface area contributed by atoms with Crippen LogP contribution in [-0.4, -0.2) is 64.2 Å². The van der Waals surface area contributed by atoms with Crippen LogP contribution in [0.25, 0.3) is 10.9 Å². The van der Waals surface area contributed by atoms with Gasteiger partial charge in [0, 0.05) is 43.2 Å². The molecule has 0 aliphatic carbocycles. The first-order chi connectivity index (χ1) is 16.6. The summed E-state index contributed by atoms with van der Waals surface area (Å²) >= 11 is 1.43. The third-order valence-electron chi connectivity index (χ3n) is 6.73. The highest BCUT2D eigenvalue weighted by molar-refractivity contribution is 7.99. The average Bonchev–Trinajstić information content (AvgIpc) is 2.88. The van der Waals surface area contributed by atoms with Crippen LogP contribution in [0, 0.1) is 17.7 Å². The quantitative estimate of drug-likeness (QED) is 0.414. The average molecular weight is 486 g/mol. The predicted octanol–water partition coefficient (Wildman–Crippen LogP) is 4.31. The highest BCUT2D eigenvalue weighted by Gasteiger charge is 2.29. The molecule has 0 bridgehead atoms. The summed E-state index contributed by atoms with van der Waals surface area (Å²) in [6.07, 6.45) is 5.20. The number of rotatable bonds is 10. The number of pyridine rings is 2. The highest BCUT2D eigenvalue weighted by atomic mass is 32.2. The molecule has 0 amide bonds. The van der Waals surface area contributed by atoms with Crippen LogP contribution in [0.4, 0.5) is 4.39 Å². The number of aromatic nitrogens is 2. The number of thioether (sulfide) groups is 1. The van der Waals surface area contributed by atoms with E-state index in [9.17, 15) is 14.6 Å². The second kappa shape index (κ2) is 11.9. The molecular weight excluding hydrogens is 453 g/mol. The van der Waals surface area contributed by atoms with Crippen LogP contribution in [0.3, 0.4) is 0 Å². The maximum Gasteiger partial charge on any atom is 0.155 e. The molecule has 4 rings (SSSR count). The van der Waals surface area contributed by atoms with Crippen molar-refractivity contribution in [2.24, 2.45) is 11.8 Å². The first-order valence-electron chi connectivity index (χ1n) is 11.8. The molecule has 1 aliphatic rings. The summed E-state index contributed by atoms with van der Waals surface area (Å²) in [7, 11) is 1.63. The second-order valence-corrected chi connectivity index (χ2v) is 9.89. The molecule has 0 spiro atoms. The van der Waals surface area contributed by atoms with E-state index in [2.05, 4.69) is 14.9 Å². The molecule has 34 heavy (non-hydrogen) atoms. The number of ether oxygens (including phenoxy) is 1. The molecule has 1 fully saturated rings. The van der Waals surface area contributed by atoms with Crippen molar-refractivity contribution in [1.82, 2.24) is 14.9 Å². The number of hydrogen-bond acceptors (Lipinski definition) is 7. The monoisotopic (exact) mass is 485 g/mol. The number of hydrogen-bond donors (Lipinski definition) is 2. The Morgan fingerprint density at radius 1 is 1.21 bits per heavy atom. The SMILES string of the molecule is COc1ccc2nccc([C@@H](O)CC[C@@H]3CCN(CCSc4ncccc4F)C[C@@H]3CO)c2c1. The lowest BCUT2D eigenvalue weighted by molar-refractivity contribution is 0.0608. The van der Waals surface area contributed by atoms with E-state index in [4.69, 9.17) is 4.74 Å². The van der Waals surface area contributed by atoms with Gasteiger partial charge in [-0.2, -0.15) is 0 Å². The van der Waals surface area contributed by atoms with Crippen molar-refractivity contribution in [3.63, 3.8) is 0 Å². The minimum absolute atomic E-state index is 0.134. The summed E-state index contributed by atoms with van der Waals surface area (Å²) in [6, 6.07) is 10.6. The molecule has 1 saturated heterocycles. The number of nitrogens with zero attached hydrogens (tertiary/aromatic N) is 3.